The van der Waals surface area contributed by atoms with Gasteiger partial charge < -0.3 is 10.1 Å². The van der Waals surface area contributed by atoms with Crippen molar-refractivity contribution in [3.8, 4) is 10.6 Å². The van der Waals surface area contributed by atoms with Crippen molar-refractivity contribution < 1.29 is 9.53 Å². The summed E-state index contributed by atoms with van der Waals surface area (Å²) < 4.78 is 5.75. The Bertz CT molecular complexity index is 769. The van der Waals surface area contributed by atoms with E-state index in [9.17, 15) is 4.79 Å². The van der Waals surface area contributed by atoms with Crippen molar-refractivity contribution >= 4 is 17.4 Å². The lowest BCUT2D eigenvalue weighted by Crippen LogP contribution is -2.53. The number of alkyl carbamates (subject to hydrolysis) is 1. The fourth-order valence-electron chi connectivity index (χ4n) is 3.71. The van der Waals surface area contributed by atoms with Crippen molar-refractivity contribution in [2.45, 2.75) is 38.3 Å². The van der Waals surface area contributed by atoms with Crippen LogP contribution in [0.5, 0.6) is 0 Å². The van der Waals surface area contributed by atoms with E-state index in [4.69, 9.17) is 9.72 Å². The van der Waals surface area contributed by atoms with Crippen LogP contribution >= 0.6 is 11.3 Å². The number of rotatable bonds is 4. The highest BCUT2D eigenvalue weighted by atomic mass is 32.1. The quantitative estimate of drug-likeness (QED) is 0.892. The molecule has 0 spiro atoms. The zero-order chi connectivity index (χ0) is 18.1. The molecule has 0 radical (unpaired) electrons. The number of piperidine rings is 3. The van der Waals surface area contributed by atoms with Crippen LogP contribution in [0.4, 0.5) is 4.79 Å². The van der Waals surface area contributed by atoms with Crippen molar-refractivity contribution in [2.24, 2.45) is 5.92 Å². The summed E-state index contributed by atoms with van der Waals surface area (Å²) in [5, 5.41) is 5.87. The minimum atomic E-state index is -0.595. The summed E-state index contributed by atoms with van der Waals surface area (Å²) >= 11 is 1.55. The fraction of sp³-hybridized carbons (Fsp3) is 0.526. The van der Waals surface area contributed by atoms with E-state index in [0.29, 0.717) is 5.92 Å². The molecule has 3 aliphatic heterocycles. The molecule has 3 aliphatic rings. The number of fused-ring (bicyclic) bond motifs is 3. The van der Waals surface area contributed by atoms with Crippen LogP contribution in [0.3, 0.4) is 0 Å². The Morgan fingerprint density at radius 3 is 2.85 bits per heavy atom. The monoisotopic (exact) mass is 372 g/mol. The van der Waals surface area contributed by atoms with E-state index in [1.165, 1.54) is 0 Å². The summed E-state index contributed by atoms with van der Waals surface area (Å²) in [5.41, 5.74) is 1.21. The molecule has 6 nitrogen and oxygen atoms in total. The SMILES string of the molecule is CC(C)(NC(=O)O[C@@H]1CN2CCC1CC2)c1csc(-c2cccnc2)n1. The summed E-state index contributed by atoms with van der Waals surface area (Å²) in [6, 6.07) is 3.88. The van der Waals surface area contributed by atoms with Crippen LogP contribution in [0, 0.1) is 5.92 Å². The number of ether oxygens (including phenoxy) is 1. The van der Waals surface area contributed by atoms with Crippen molar-refractivity contribution in [2.75, 3.05) is 19.6 Å². The number of nitrogens with zero attached hydrogens (tertiary/aromatic N) is 3. The molecule has 2 aromatic rings. The van der Waals surface area contributed by atoms with Crippen molar-refractivity contribution in [3.63, 3.8) is 0 Å². The molecule has 138 valence electrons. The van der Waals surface area contributed by atoms with Crippen LogP contribution in [0.2, 0.25) is 0 Å². The average Bonchev–Trinajstić information content (AvgIpc) is 3.14. The minimum absolute atomic E-state index is 0.00897. The van der Waals surface area contributed by atoms with E-state index >= 15 is 0 Å². The maximum absolute atomic E-state index is 12.5. The molecule has 5 rings (SSSR count). The normalized spacial score (nSPS) is 25.1. The number of carbonyl (C=O) groups is 1. The van der Waals surface area contributed by atoms with Crippen LogP contribution in [0.1, 0.15) is 32.4 Å². The minimum Gasteiger partial charge on any atom is -0.445 e. The lowest BCUT2D eigenvalue weighted by Gasteiger charge is -2.44. The predicted octanol–water partition coefficient (Wildman–Crippen LogP) is 3.26. The predicted molar refractivity (Wildman–Crippen MR) is 101 cm³/mol. The first-order chi connectivity index (χ1) is 12.5. The molecule has 0 saturated carbocycles. The Kier molecular flexibility index (Phi) is 4.67. The van der Waals surface area contributed by atoms with E-state index in [2.05, 4.69) is 15.2 Å². The third-order valence-electron chi connectivity index (χ3n) is 5.32. The molecule has 3 saturated heterocycles. The van der Waals surface area contributed by atoms with Crippen LogP contribution in [0.25, 0.3) is 10.6 Å². The Balaban J connectivity index is 1.40. The fourth-order valence-corrected chi connectivity index (χ4v) is 4.69. The third kappa shape index (κ3) is 3.59. The number of hydrogen-bond donors (Lipinski definition) is 1. The van der Waals surface area contributed by atoms with Crippen molar-refractivity contribution in [1.29, 1.82) is 0 Å². The van der Waals surface area contributed by atoms with Gasteiger partial charge in [0.15, 0.2) is 0 Å². The van der Waals surface area contributed by atoms with E-state index in [1.54, 1.807) is 23.7 Å². The lowest BCUT2D eigenvalue weighted by molar-refractivity contribution is -0.0350. The summed E-state index contributed by atoms with van der Waals surface area (Å²) in [7, 11) is 0. The van der Waals surface area contributed by atoms with Crippen LogP contribution in [-0.2, 0) is 10.3 Å². The van der Waals surface area contributed by atoms with Crippen LogP contribution in [0.15, 0.2) is 29.9 Å². The molecule has 1 N–H and O–H groups in total. The first kappa shape index (κ1) is 17.4. The summed E-state index contributed by atoms with van der Waals surface area (Å²) in [4.78, 5) is 23.7. The van der Waals surface area contributed by atoms with E-state index in [-0.39, 0.29) is 12.2 Å². The van der Waals surface area contributed by atoms with Gasteiger partial charge in [-0.2, -0.15) is 0 Å². The molecule has 5 heterocycles. The van der Waals surface area contributed by atoms with Gasteiger partial charge in [-0.25, -0.2) is 9.78 Å². The van der Waals surface area contributed by atoms with Crippen molar-refractivity contribution in [1.82, 2.24) is 20.2 Å². The molecule has 7 heteroatoms. The average molecular weight is 372 g/mol. The molecule has 2 bridgehead atoms. The molecule has 1 amide bonds. The molecule has 0 aromatic carbocycles. The number of pyridine rings is 1. The Morgan fingerprint density at radius 2 is 2.19 bits per heavy atom. The van der Waals surface area contributed by atoms with Gasteiger partial charge in [0.2, 0.25) is 0 Å². The number of carbonyl (C=O) groups excluding carboxylic acids is 1. The molecule has 2 aromatic heterocycles. The zero-order valence-corrected chi connectivity index (χ0v) is 16.0. The molecule has 0 aliphatic carbocycles. The number of hydrogen-bond acceptors (Lipinski definition) is 6. The van der Waals surface area contributed by atoms with Gasteiger partial charge in [0, 0.05) is 29.9 Å². The highest BCUT2D eigenvalue weighted by Crippen LogP contribution is 2.31. The molecule has 3 fully saturated rings. The maximum Gasteiger partial charge on any atom is 0.408 e. The first-order valence-electron chi connectivity index (χ1n) is 9.09. The highest BCUT2D eigenvalue weighted by Gasteiger charge is 2.37. The van der Waals surface area contributed by atoms with E-state index < -0.39 is 5.54 Å². The summed E-state index contributed by atoms with van der Waals surface area (Å²) in [6.45, 7) is 7.03. The molecular weight excluding hydrogens is 348 g/mol. The van der Waals surface area contributed by atoms with Gasteiger partial charge in [0.25, 0.3) is 0 Å². The number of amides is 1. The third-order valence-corrected chi connectivity index (χ3v) is 6.21. The maximum atomic E-state index is 12.5. The van der Waals surface area contributed by atoms with Gasteiger partial charge in [-0.3, -0.25) is 9.88 Å². The number of aromatic nitrogens is 2. The van der Waals surface area contributed by atoms with Gasteiger partial charge >= 0.3 is 6.09 Å². The lowest BCUT2D eigenvalue weighted by atomic mass is 9.86. The molecule has 1 atom stereocenters. The largest absolute Gasteiger partial charge is 0.445 e. The van der Waals surface area contributed by atoms with Gasteiger partial charge in [-0.05, 0) is 57.8 Å². The summed E-state index contributed by atoms with van der Waals surface area (Å²) in [5.74, 6) is 0.505. The summed E-state index contributed by atoms with van der Waals surface area (Å²) in [6.07, 6.45) is 5.45. The standard InChI is InChI=1S/C19H24N4O2S/c1-19(2,16-12-26-17(21-16)14-4-3-7-20-10-14)22-18(24)25-15-11-23-8-5-13(15)6-9-23/h3-4,7,10,12-13,15H,5-6,8-9,11H2,1-2H3,(H,22,24)/t15-/m1/s1. The smallest absolute Gasteiger partial charge is 0.408 e. The molecular formula is C19H24N4O2S. The Hall–Kier alpha value is -1.99. The second-order valence-corrected chi connectivity index (χ2v) is 8.47. The van der Waals surface area contributed by atoms with E-state index in [0.717, 1.165) is 48.7 Å². The van der Waals surface area contributed by atoms with Gasteiger partial charge in [0.05, 0.1) is 11.2 Å². The topological polar surface area (TPSA) is 67.3 Å². The Labute approximate surface area is 157 Å². The molecule has 26 heavy (non-hydrogen) atoms. The van der Waals surface area contributed by atoms with Crippen molar-refractivity contribution in [3.05, 3.63) is 35.6 Å². The second-order valence-electron chi connectivity index (χ2n) is 7.61. The van der Waals surface area contributed by atoms with Gasteiger partial charge in [0.1, 0.15) is 11.1 Å². The first-order valence-corrected chi connectivity index (χ1v) is 9.97. The van der Waals surface area contributed by atoms with Gasteiger partial charge in [-0.15, -0.1) is 11.3 Å². The zero-order valence-electron chi connectivity index (χ0n) is 15.1. The van der Waals surface area contributed by atoms with Crippen LogP contribution < -0.4 is 5.32 Å². The Morgan fingerprint density at radius 1 is 1.38 bits per heavy atom. The molecule has 0 unspecified atom stereocenters. The van der Waals surface area contributed by atoms with E-state index in [1.807, 2.05) is 31.4 Å². The number of nitrogens with one attached hydrogen (secondary N) is 1. The second kappa shape index (κ2) is 6.96. The highest BCUT2D eigenvalue weighted by molar-refractivity contribution is 7.13. The van der Waals surface area contributed by atoms with Gasteiger partial charge in [-0.1, -0.05) is 0 Å². The number of thiazole rings is 1. The van der Waals surface area contributed by atoms with Crippen LogP contribution in [-0.4, -0.2) is 46.7 Å².